The first-order chi connectivity index (χ1) is 13.0. The minimum atomic E-state index is -1.18. The van der Waals surface area contributed by atoms with Gasteiger partial charge in [0, 0.05) is 19.3 Å². The summed E-state index contributed by atoms with van der Waals surface area (Å²) in [6.45, 7) is 4.30. The number of amides is 1. The lowest BCUT2D eigenvalue weighted by atomic mass is 9.77. The van der Waals surface area contributed by atoms with Crippen LogP contribution in [-0.4, -0.2) is 40.4 Å². The lowest BCUT2D eigenvalue weighted by molar-refractivity contribution is -0.178. The number of carbonyl (C=O) groups is 3. The predicted octanol–water partition coefficient (Wildman–Crippen LogP) is 2.52. The highest BCUT2D eigenvalue weighted by molar-refractivity contribution is 5.95. The van der Waals surface area contributed by atoms with E-state index in [0.29, 0.717) is 19.3 Å². The molecule has 0 radical (unpaired) electrons. The summed E-state index contributed by atoms with van der Waals surface area (Å²) in [5.74, 6) is -1.05. The zero-order valence-corrected chi connectivity index (χ0v) is 15.2. The van der Waals surface area contributed by atoms with Crippen LogP contribution in [0.2, 0.25) is 0 Å². The van der Waals surface area contributed by atoms with Gasteiger partial charge in [-0.25, -0.2) is 4.79 Å². The van der Waals surface area contributed by atoms with Crippen molar-refractivity contribution >= 4 is 17.8 Å². The van der Waals surface area contributed by atoms with Crippen molar-refractivity contribution in [1.82, 2.24) is 4.90 Å². The second-order valence-corrected chi connectivity index (χ2v) is 7.57. The molecule has 3 heterocycles. The number of esters is 2. The zero-order chi connectivity index (χ0) is 19.0. The highest BCUT2D eigenvalue weighted by Gasteiger charge is 2.57. The monoisotopic (exact) mass is 369 g/mol. The normalized spacial score (nSPS) is 30.2. The maximum atomic E-state index is 13.3. The van der Waals surface area contributed by atoms with Crippen molar-refractivity contribution in [1.29, 1.82) is 0 Å². The molecule has 0 bridgehead atoms. The standard InChI is InChI=1S/C21H23NO5/c1-14-12-21(11-10-18(23)27-21)20(25)22-16(14)8-5-9-17(22)19(24)26-13-15-6-3-2-4-7-15/h2-4,6-7,16-17H,1,5,8-13H2/t16?,17-,21?/m0/s1. The maximum absolute atomic E-state index is 13.3. The Bertz CT molecular complexity index is 789. The van der Waals surface area contributed by atoms with Crippen molar-refractivity contribution in [2.24, 2.45) is 0 Å². The molecule has 6 heteroatoms. The van der Waals surface area contributed by atoms with Gasteiger partial charge in [-0.1, -0.05) is 42.5 Å². The molecule has 0 aromatic heterocycles. The van der Waals surface area contributed by atoms with Crippen molar-refractivity contribution < 1.29 is 23.9 Å². The highest BCUT2D eigenvalue weighted by atomic mass is 16.6. The summed E-state index contributed by atoms with van der Waals surface area (Å²) < 4.78 is 10.9. The summed E-state index contributed by atoms with van der Waals surface area (Å²) in [5.41, 5.74) is 0.568. The number of nitrogens with zero attached hydrogens (tertiary/aromatic N) is 1. The molecule has 1 aromatic rings. The van der Waals surface area contributed by atoms with E-state index in [9.17, 15) is 14.4 Å². The number of piperidine rings is 2. The minimum Gasteiger partial charge on any atom is -0.459 e. The van der Waals surface area contributed by atoms with Gasteiger partial charge >= 0.3 is 11.9 Å². The van der Waals surface area contributed by atoms with Crippen molar-refractivity contribution in [2.45, 2.75) is 62.8 Å². The number of rotatable bonds is 3. The van der Waals surface area contributed by atoms with E-state index in [2.05, 4.69) is 6.58 Å². The fourth-order valence-corrected chi connectivity index (χ4v) is 4.43. The molecule has 1 aromatic carbocycles. The van der Waals surface area contributed by atoms with Crippen LogP contribution in [0.15, 0.2) is 42.5 Å². The van der Waals surface area contributed by atoms with E-state index in [1.54, 1.807) is 4.90 Å². The van der Waals surface area contributed by atoms with Crippen LogP contribution in [0.3, 0.4) is 0 Å². The Labute approximate surface area is 158 Å². The van der Waals surface area contributed by atoms with Gasteiger partial charge in [-0.15, -0.1) is 0 Å². The van der Waals surface area contributed by atoms with Crippen LogP contribution in [0.25, 0.3) is 0 Å². The Morgan fingerprint density at radius 2 is 2.04 bits per heavy atom. The number of hydrogen-bond acceptors (Lipinski definition) is 5. The first-order valence-corrected chi connectivity index (χ1v) is 9.43. The Kier molecular flexibility index (Phi) is 4.50. The molecule has 6 nitrogen and oxygen atoms in total. The number of hydrogen-bond donors (Lipinski definition) is 0. The third-order valence-corrected chi connectivity index (χ3v) is 5.77. The Morgan fingerprint density at radius 3 is 2.74 bits per heavy atom. The molecule has 2 unspecified atom stereocenters. The molecule has 3 saturated heterocycles. The third kappa shape index (κ3) is 3.13. The number of ether oxygens (including phenoxy) is 2. The van der Waals surface area contributed by atoms with Gasteiger partial charge in [-0.3, -0.25) is 9.59 Å². The summed E-state index contributed by atoms with van der Waals surface area (Å²) in [6.07, 6.45) is 3.07. The minimum absolute atomic E-state index is 0.171. The molecular weight excluding hydrogens is 346 g/mol. The average Bonchev–Trinajstić information content (AvgIpc) is 3.06. The molecule has 1 spiro atoms. The lowest BCUT2D eigenvalue weighted by Crippen LogP contribution is -2.64. The van der Waals surface area contributed by atoms with Gasteiger partial charge in [-0.05, 0) is 24.8 Å². The van der Waals surface area contributed by atoms with Gasteiger partial charge in [0.25, 0.3) is 5.91 Å². The maximum Gasteiger partial charge on any atom is 0.329 e. The van der Waals surface area contributed by atoms with Gasteiger partial charge in [-0.2, -0.15) is 0 Å². The SMILES string of the molecule is C=C1CC2(CCC(=O)O2)C(=O)N2C1CCC[C@H]2C(=O)OCc1ccccc1. The molecule has 1 amide bonds. The highest BCUT2D eigenvalue weighted by Crippen LogP contribution is 2.44. The van der Waals surface area contributed by atoms with Gasteiger partial charge in [0.2, 0.25) is 0 Å². The van der Waals surface area contributed by atoms with E-state index in [1.807, 2.05) is 30.3 Å². The Balaban J connectivity index is 1.54. The topological polar surface area (TPSA) is 72.9 Å². The third-order valence-electron chi connectivity index (χ3n) is 5.77. The quantitative estimate of drug-likeness (QED) is 0.605. The first kappa shape index (κ1) is 17.8. The molecule has 27 heavy (non-hydrogen) atoms. The van der Waals surface area contributed by atoms with E-state index >= 15 is 0 Å². The Morgan fingerprint density at radius 1 is 1.26 bits per heavy atom. The van der Waals surface area contributed by atoms with E-state index in [-0.39, 0.29) is 30.9 Å². The van der Waals surface area contributed by atoms with Crippen molar-refractivity contribution in [3.63, 3.8) is 0 Å². The van der Waals surface area contributed by atoms with E-state index in [0.717, 1.165) is 24.0 Å². The molecule has 4 rings (SSSR count). The van der Waals surface area contributed by atoms with Crippen molar-refractivity contribution in [3.05, 3.63) is 48.0 Å². The fourth-order valence-electron chi connectivity index (χ4n) is 4.43. The summed E-state index contributed by atoms with van der Waals surface area (Å²) in [4.78, 5) is 39.3. The number of benzene rings is 1. The van der Waals surface area contributed by atoms with E-state index in [4.69, 9.17) is 9.47 Å². The average molecular weight is 369 g/mol. The lowest BCUT2D eigenvalue weighted by Gasteiger charge is -2.49. The van der Waals surface area contributed by atoms with Crippen molar-refractivity contribution in [2.75, 3.05) is 0 Å². The van der Waals surface area contributed by atoms with Crippen LogP contribution in [0.1, 0.15) is 44.1 Å². The van der Waals surface area contributed by atoms with Crippen molar-refractivity contribution in [3.8, 4) is 0 Å². The molecule has 3 fully saturated rings. The van der Waals surface area contributed by atoms with Crippen LogP contribution in [0.4, 0.5) is 0 Å². The van der Waals surface area contributed by atoms with E-state index in [1.165, 1.54) is 0 Å². The smallest absolute Gasteiger partial charge is 0.329 e. The zero-order valence-electron chi connectivity index (χ0n) is 15.2. The van der Waals surface area contributed by atoms with E-state index < -0.39 is 17.6 Å². The number of fused-ring (bicyclic) bond motifs is 1. The summed E-state index contributed by atoms with van der Waals surface area (Å²) >= 11 is 0. The van der Waals surface area contributed by atoms with Gasteiger partial charge in [0.1, 0.15) is 12.6 Å². The predicted molar refractivity (Wildman–Crippen MR) is 96.3 cm³/mol. The fraction of sp³-hybridized carbons (Fsp3) is 0.476. The molecule has 3 atom stereocenters. The van der Waals surface area contributed by atoms with Crippen LogP contribution in [0.5, 0.6) is 0 Å². The second kappa shape index (κ2) is 6.83. The largest absolute Gasteiger partial charge is 0.459 e. The number of carbonyl (C=O) groups excluding carboxylic acids is 3. The molecule has 142 valence electrons. The van der Waals surface area contributed by atoms with Crippen LogP contribution < -0.4 is 0 Å². The molecular formula is C21H23NO5. The Hall–Kier alpha value is -2.63. The second-order valence-electron chi connectivity index (χ2n) is 7.57. The van der Waals surface area contributed by atoms with Gasteiger partial charge < -0.3 is 14.4 Å². The molecule has 0 N–H and O–H groups in total. The van der Waals surface area contributed by atoms with Crippen LogP contribution in [0, 0.1) is 0 Å². The van der Waals surface area contributed by atoms with Crippen LogP contribution in [-0.2, 0) is 30.5 Å². The molecule has 3 aliphatic rings. The molecule has 3 aliphatic heterocycles. The summed E-state index contributed by atoms with van der Waals surface area (Å²) in [6, 6.07) is 8.60. The van der Waals surface area contributed by atoms with Gasteiger partial charge in [0.15, 0.2) is 5.60 Å². The summed E-state index contributed by atoms with van der Waals surface area (Å²) in [7, 11) is 0. The summed E-state index contributed by atoms with van der Waals surface area (Å²) in [5, 5.41) is 0. The molecule has 0 aliphatic carbocycles. The van der Waals surface area contributed by atoms with Crippen LogP contribution >= 0.6 is 0 Å². The molecule has 0 saturated carbocycles. The van der Waals surface area contributed by atoms with Gasteiger partial charge in [0.05, 0.1) is 6.04 Å². The first-order valence-electron chi connectivity index (χ1n) is 9.43.